The minimum absolute atomic E-state index is 0.712. The fourth-order valence-corrected chi connectivity index (χ4v) is 3.12. The predicted molar refractivity (Wildman–Crippen MR) is 80.2 cm³/mol. The van der Waals surface area contributed by atoms with Gasteiger partial charge in [0, 0.05) is 31.4 Å². The molecule has 0 radical (unpaired) electrons. The van der Waals surface area contributed by atoms with E-state index in [0.29, 0.717) is 6.04 Å². The van der Waals surface area contributed by atoms with Gasteiger partial charge < -0.3 is 10.6 Å². The Hall–Kier alpha value is -1.06. The molecule has 1 atom stereocenters. The number of nitrogen functional groups attached to an aromatic ring is 1. The third kappa shape index (κ3) is 3.10. The van der Waals surface area contributed by atoms with Gasteiger partial charge in [0.25, 0.3) is 0 Å². The minimum Gasteiger partial charge on any atom is -0.399 e. The van der Waals surface area contributed by atoms with E-state index in [-0.39, 0.29) is 0 Å². The second-order valence-electron chi connectivity index (χ2n) is 6.42. The SMILES string of the molecule is CN(C)[C@H]1CCN(Cc2cc(N)cc(C3CC3)c2)C1. The fraction of sp³-hybridized carbons (Fsp3) is 0.625. The number of nitrogens with zero attached hydrogens (tertiary/aromatic N) is 2. The maximum Gasteiger partial charge on any atom is 0.0320 e. The van der Waals surface area contributed by atoms with Crippen LogP contribution in [0.4, 0.5) is 5.69 Å². The lowest BCUT2D eigenvalue weighted by Gasteiger charge is -2.20. The highest BCUT2D eigenvalue weighted by atomic mass is 15.2. The van der Waals surface area contributed by atoms with Gasteiger partial charge in [-0.1, -0.05) is 6.07 Å². The number of benzene rings is 1. The van der Waals surface area contributed by atoms with E-state index in [0.717, 1.165) is 18.2 Å². The van der Waals surface area contributed by atoms with Gasteiger partial charge in [-0.05, 0) is 62.5 Å². The van der Waals surface area contributed by atoms with E-state index < -0.39 is 0 Å². The van der Waals surface area contributed by atoms with Gasteiger partial charge in [0.15, 0.2) is 0 Å². The van der Waals surface area contributed by atoms with Crippen LogP contribution in [0, 0.1) is 0 Å². The van der Waals surface area contributed by atoms with Crippen molar-refractivity contribution in [3.05, 3.63) is 29.3 Å². The second kappa shape index (κ2) is 5.14. The molecule has 1 saturated carbocycles. The summed E-state index contributed by atoms with van der Waals surface area (Å²) in [6.45, 7) is 3.44. The lowest BCUT2D eigenvalue weighted by atomic mass is 10.1. The van der Waals surface area contributed by atoms with Crippen LogP contribution in [0.2, 0.25) is 0 Å². The molecule has 1 aliphatic carbocycles. The first-order valence-corrected chi connectivity index (χ1v) is 7.40. The molecule has 3 heteroatoms. The number of likely N-dealkylation sites (N-methyl/N-ethyl adjacent to an activating group) is 1. The summed E-state index contributed by atoms with van der Waals surface area (Å²) in [7, 11) is 4.36. The quantitative estimate of drug-likeness (QED) is 0.842. The van der Waals surface area contributed by atoms with Crippen molar-refractivity contribution < 1.29 is 0 Å². The molecule has 2 fully saturated rings. The summed E-state index contributed by atoms with van der Waals surface area (Å²) in [5, 5.41) is 0. The van der Waals surface area contributed by atoms with E-state index in [4.69, 9.17) is 5.73 Å². The monoisotopic (exact) mass is 259 g/mol. The zero-order valence-electron chi connectivity index (χ0n) is 12.1. The number of anilines is 1. The molecule has 0 spiro atoms. The first-order chi connectivity index (χ1) is 9.11. The smallest absolute Gasteiger partial charge is 0.0320 e. The molecule has 2 N–H and O–H groups in total. The first-order valence-electron chi connectivity index (χ1n) is 7.40. The van der Waals surface area contributed by atoms with Gasteiger partial charge in [0.1, 0.15) is 0 Å². The Morgan fingerprint density at radius 1 is 1.21 bits per heavy atom. The molecule has 1 aliphatic heterocycles. The molecule has 0 bridgehead atoms. The van der Waals surface area contributed by atoms with Crippen LogP contribution in [-0.2, 0) is 6.54 Å². The molecule has 0 unspecified atom stereocenters. The number of nitrogens with two attached hydrogens (primary N) is 1. The van der Waals surface area contributed by atoms with Gasteiger partial charge in [0.2, 0.25) is 0 Å². The van der Waals surface area contributed by atoms with Gasteiger partial charge in [-0.2, -0.15) is 0 Å². The van der Waals surface area contributed by atoms with Crippen LogP contribution in [0.15, 0.2) is 18.2 Å². The summed E-state index contributed by atoms with van der Waals surface area (Å²) >= 11 is 0. The molecule has 0 amide bonds. The molecule has 104 valence electrons. The zero-order valence-corrected chi connectivity index (χ0v) is 12.1. The van der Waals surface area contributed by atoms with E-state index in [1.165, 1.54) is 43.5 Å². The van der Waals surface area contributed by atoms with Crippen LogP contribution < -0.4 is 5.73 Å². The Kier molecular flexibility index (Phi) is 3.50. The molecule has 0 aromatic heterocycles. The summed E-state index contributed by atoms with van der Waals surface area (Å²) in [5.41, 5.74) is 9.83. The summed E-state index contributed by atoms with van der Waals surface area (Å²) in [6.07, 6.45) is 3.97. The Bertz CT molecular complexity index is 451. The van der Waals surface area contributed by atoms with E-state index in [2.05, 4.69) is 42.1 Å². The maximum absolute atomic E-state index is 6.05. The number of hydrogen-bond acceptors (Lipinski definition) is 3. The molecule has 3 nitrogen and oxygen atoms in total. The van der Waals surface area contributed by atoms with Crippen molar-refractivity contribution in [1.82, 2.24) is 9.80 Å². The van der Waals surface area contributed by atoms with E-state index in [9.17, 15) is 0 Å². The summed E-state index contributed by atoms with van der Waals surface area (Å²) in [6, 6.07) is 7.39. The minimum atomic E-state index is 0.712. The van der Waals surface area contributed by atoms with Crippen molar-refractivity contribution in [1.29, 1.82) is 0 Å². The molecule has 1 aromatic rings. The highest BCUT2D eigenvalue weighted by Crippen LogP contribution is 2.41. The topological polar surface area (TPSA) is 32.5 Å². The van der Waals surface area contributed by atoms with Crippen molar-refractivity contribution in [2.75, 3.05) is 32.9 Å². The number of hydrogen-bond donors (Lipinski definition) is 1. The molecule has 1 aromatic carbocycles. The number of rotatable bonds is 4. The molecular weight excluding hydrogens is 234 g/mol. The highest BCUT2D eigenvalue weighted by molar-refractivity contribution is 5.46. The van der Waals surface area contributed by atoms with Crippen molar-refractivity contribution >= 4 is 5.69 Å². The Morgan fingerprint density at radius 2 is 2.00 bits per heavy atom. The molecule has 3 rings (SSSR count). The van der Waals surface area contributed by atoms with Gasteiger partial charge >= 0.3 is 0 Å². The van der Waals surface area contributed by atoms with Crippen molar-refractivity contribution in [3.63, 3.8) is 0 Å². The van der Waals surface area contributed by atoms with Crippen LogP contribution in [0.5, 0.6) is 0 Å². The Labute approximate surface area is 116 Å². The second-order valence-corrected chi connectivity index (χ2v) is 6.42. The van der Waals surface area contributed by atoms with Gasteiger partial charge in [-0.15, -0.1) is 0 Å². The molecule has 19 heavy (non-hydrogen) atoms. The normalized spacial score (nSPS) is 24.3. The van der Waals surface area contributed by atoms with Crippen molar-refractivity contribution in [2.45, 2.75) is 37.8 Å². The number of likely N-dealkylation sites (tertiary alicyclic amines) is 1. The lowest BCUT2D eigenvalue weighted by molar-refractivity contribution is 0.264. The van der Waals surface area contributed by atoms with E-state index >= 15 is 0 Å². The van der Waals surface area contributed by atoms with Gasteiger partial charge in [-0.3, -0.25) is 4.90 Å². The fourth-order valence-electron chi connectivity index (χ4n) is 3.12. The summed E-state index contributed by atoms with van der Waals surface area (Å²) in [4.78, 5) is 4.89. The molecule has 1 heterocycles. The van der Waals surface area contributed by atoms with Crippen LogP contribution >= 0.6 is 0 Å². The molecule has 1 saturated heterocycles. The summed E-state index contributed by atoms with van der Waals surface area (Å²) < 4.78 is 0. The Morgan fingerprint density at radius 3 is 2.63 bits per heavy atom. The van der Waals surface area contributed by atoms with Crippen LogP contribution in [-0.4, -0.2) is 43.0 Å². The summed E-state index contributed by atoms with van der Waals surface area (Å²) in [5.74, 6) is 0.787. The van der Waals surface area contributed by atoms with Gasteiger partial charge in [0.05, 0.1) is 0 Å². The first kappa shape index (κ1) is 12.9. The lowest BCUT2D eigenvalue weighted by Crippen LogP contribution is -2.31. The molecular formula is C16H25N3. The third-order valence-electron chi connectivity index (χ3n) is 4.47. The highest BCUT2D eigenvalue weighted by Gasteiger charge is 2.26. The average molecular weight is 259 g/mol. The maximum atomic E-state index is 6.05. The standard InChI is InChI=1S/C16H25N3/c1-18(2)16-5-6-19(11-16)10-12-7-14(13-3-4-13)9-15(17)8-12/h7-9,13,16H,3-6,10-11,17H2,1-2H3/t16-/m0/s1. The van der Waals surface area contributed by atoms with Crippen molar-refractivity contribution in [2.24, 2.45) is 0 Å². The largest absolute Gasteiger partial charge is 0.399 e. The predicted octanol–water partition coefficient (Wildman–Crippen LogP) is 2.28. The molecule has 2 aliphatic rings. The zero-order chi connectivity index (χ0) is 13.4. The third-order valence-corrected chi connectivity index (χ3v) is 4.47. The van der Waals surface area contributed by atoms with Crippen LogP contribution in [0.3, 0.4) is 0 Å². The van der Waals surface area contributed by atoms with Crippen LogP contribution in [0.1, 0.15) is 36.3 Å². The van der Waals surface area contributed by atoms with E-state index in [1.54, 1.807) is 0 Å². The van der Waals surface area contributed by atoms with Crippen molar-refractivity contribution in [3.8, 4) is 0 Å². The van der Waals surface area contributed by atoms with Gasteiger partial charge in [-0.25, -0.2) is 0 Å². The van der Waals surface area contributed by atoms with E-state index in [1.807, 2.05) is 0 Å². The van der Waals surface area contributed by atoms with Crippen LogP contribution in [0.25, 0.3) is 0 Å². The Balaban J connectivity index is 1.66. The average Bonchev–Trinajstić information content (AvgIpc) is 3.09.